The number of fused-ring (bicyclic) bond motifs is 2. The van der Waals surface area contributed by atoms with E-state index in [4.69, 9.17) is 4.98 Å². The van der Waals surface area contributed by atoms with Crippen molar-refractivity contribution in [2.45, 2.75) is 38.4 Å². The zero-order chi connectivity index (χ0) is 25.7. The van der Waals surface area contributed by atoms with E-state index in [-0.39, 0.29) is 5.91 Å². The fourth-order valence-electron chi connectivity index (χ4n) is 4.08. The maximum absolute atomic E-state index is 12.6. The van der Waals surface area contributed by atoms with Crippen molar-refractivity contribution in [1.29, 1.82) is 0 Å². The second-order valence-electron chi connectivity index (χ2n) is 9.85. The zero-order valence-corrected chi connectivity index (χ0v) is 21.4. The topological polar surface area (TPSA) is 109 Å². The second kappa shape index (κ2) is 8.63. The van der Waals surface area contributed by atoms with E-state index in [0.717, 1.165) is 28.0 Å². The molecule has 10 heteroatoms. The molecule has 1 aliphatic heterocycles. The van der Waals surface area contributed by atoms with Crippen LogP contribution >= 0.6 is 0 Å². The molecule has 0 saturated heterocycles. The number of hydrogen-bond donors (Lipinski definition) is 2. The number of aryl methyl sites for hydroxylation is 1. The molecule has 0 aliphatic carbocycles. The van der Waals surface area contributed by atoms with Crippen LogP contribution in [0.3, 0.4) is 0 Å². The monoisotopic (exact) mass is 504 g/mol. The highest BCUT2D eigenvalue weighted by Gasteiger charge is 2.29. The molecule has 3 heterocycles. The van der Waals surface area contributed by atoms with Crippen molar-refractivity contribution in [3.8, 4) is 5.69 Å². The number of nitrogens with one attached hydrogen (secondary N) is 2. The molecule has 1 aliphatic rings. The van der Waals surface area contributed by atoms with Crippen molar-refractivity contribution < 1.29 is 13.2 Å². The van der Waals surface area contributed by atoms with Crippen LogP contribution in [-0.4, -0.2) is 40.7 Å². The Morgan fingerprint density at radius 2 is 1.81 bits per heavy atom. The number of anilines is 4. The smallest absolute Gasteiger partial charge is 0.237 e. The number of hydrogen-bond acceptors (Lipinski definition) is 6. The van der Waals surface area contributed by atoms with E-state index < -0.39 is 14.8 Å². The minimum Gasteiger partial charge on any atom is -0.324 e. The molecule has 0 bridgehead atoms. The molecule has 0 fully saturated rings. The number of nitrogens with zero attached hydrogens (tertiary/aromatic N) is 4. The predicted molar refractivity (Wildman–Crippen MR) is 143 cm³/mol. The maximum Gasteiger partial charge on any atom is 0.237 e. The van der Waals surface area contributed by atoms with Crippen LogP contribution in [0.15, 0.2) is 60.9 Å². The van der Waals surface area contributed by atoms with Crippen molar-refractivity contribution in [3.05, 3.63) is 66.5 Å². The average molecular weight is 505 g/mol. The van der Waals surface area contributed by atoms with E-state index in [0.29, 0.717) is 30.1 Å². The van der Waals surface area contributed by atoms with E-state index in [1.54, 1.807) is 57.1 Å². The van der Waals surface area contributed by atoms with Gasteiger partial charge in [-0.15, -0.1) is 0 Å². The lowest BCUT2D eigenvalue weighted by Crippen LogP contribution is -2.33. The quantitative estimate of drug-likeness (QED) is 0.411. The Morgan fingerprint density at radius 1 is 1.00 bits per heavy atom. The highest BCUT2D eigenvalue weighted by molar-refractivity contribution is 7.94. The Bertz CT molecular complexity index is 1590. The minimum atomic E-state index is -3.55. The van der Waals surface area contributed by atoms with Gasteiger partial charge < -0.3 is 14.8 Å². The lowest BCUT2D eigenvalue weighted by molar-refractivity contribution is -0.118. The van der Waals surface area contributed by atoms with Gasteiger partial charge in [-0.1, -0.05) is 6.07 Å². The fraction of sp³-hybridized carbons (Fsp3) is 0.269. The number of sulfonamides is 1. The van der Waals surface area contributed by atoms with E-state index in [9.17, 15) is 13.2 Å². The lowest BCUT2D eigenvalue weighted by Gasteiger charge is -2.26. The van der Waals surface area contributed by atoms with Gasteiger partial charge in [0.2, 0.25) is 21.9 Å². The summed E-state index contributed by atoms with van der Waals surface area (Å²) in [5, 5.41) is 4.12. The molecule has 2 aromatic carbocycles. The van der Waals surface area contributed by atoms with Gasteiger partial charge in [0, 0.05) is 48.3 Å². The van der Waals surface area contributed by atoms with Crippen LogP contribution in [0.5, 0.6) is 0 Å². The number of carbonyl (C=O) groups is 1. The van der Waals surface area contributed by atoms with Crippen molar-refractivity contribution >= 4 is 50.0 Å². The Morgan fingerprint density at radius 3 is 2.58 bits per heavy atom. The first-order valence-electron chi connectivity index (χ1n) is 11.7. The first-order chi connectivity index (χ1) is 17.0. The summed E-state index contributed by atoms with van der Waals surface area (Å²) in [6, 6.07) is 15.0. The third-order valence-electron chi connectivity index (χ3n) is 6.29. The molecule has 1 amide bonds. The van der Waals surface area contributed by atoms with Crippen LogP contribution < -0.4 is 14.9 Å². The summed E-state index contributed by atoms with van der Waals surface area (Å²) in [4.78, 5) is 22.8. The second-order valence-corrected chi connectivity index (χ2v) is 12.3. The summed E-state index contributed by atoms with van der Waals surface area (Å²) in [7, 11) is -1.76. The normalized spacial score (nSPS) is 14.1. The van der Waals surface area contributed by atoms with Crippen LogP contribution in [0.1, 0.15) is 32.8 Å². The van der Waals surface area contributed by atoms with Crippen LogP contribution in [0.4, 0.5) is 23.0 Å². The van der Waals surface area contributed by atoms with Gasteiger partial charge in [0.1, 0.15) is 5.65 Å². The summed E-state index contributed by atoms with van der Waals surface area (Å²) in [6.45, 7) is 4.97. The molecule has 0 atom stereocenters. The van der Waals surface area contributed by atoms with Gasteiger partial charge >= 0.3 is 0 Å². The molecule has 5 rings (SSSR count). The molecule has 2 aromatic heterocycles. The van der Waals surface area contributed by atoms with Gasteiger partial charge in [0.25, 0.3) is 0 Å². The standard InChI is InChI=1S/C26H28N6O3S/c1-26(2,3)36(34,35)30-20-6-5-7-21(15-20)32-13-12-18-16-27-25(29-24(18)32)28-19-9-10-22-17(14-19)8-11-23(33)31(22)4/h5-7,9-10,12-16,30H,8,11H2,1-4H3,(H,27,28,29). The van der Waals surface area contributed by atoms with Crippen molar-refractivity contribution in [2.24, 2.45) is 0 Å². The molecule has 0 spiro atoms. The number of amides is 1. The van der Waals surface area contributed by atoms with E-state index in [1.165, 1.54) is 0 Å². The molecular weight excluding hydrogens is 476 g/mol. The Hall–Kier alpha value is -3.92. The number of aromatic nitrogens is 3. The highest BCUT2D eigenvalue weighted by Crippen LogP contribution is 2.30. The molecular formula is C26H28N6O3S. The molecule has 186 valence electrons. The van der Waals surface area contributed by atoms with E-state index in [1.807, 2.05) is 41.1 Å². The molecule has 4 aromatic rings. The molecule has 2 N–H and O–H groups in total. The summed E-state index contributed by atoms with van der Waals surface area (Å²) < 4.78 is 28.8. The summed E-state index contributed by atoms with van der Waals surface area (Å²) in [5.74, 6) is 0.556. The van der Waals surface area contributed by atoms with E-state index in [2.05, 4.69) is 15.0 Å². The molecule has 0 unspecified atom stereocenters. The number of rotatable bonds is 5. The summed E-state index contributed by atoms with van der Waals surface area (Å²) in [5.41, 5.74) is 4.80. The van der Waals surface area contributed by atoms with Crippen molar-refractivity contribution in [1.82, 2.24) is 14.5 Å². The van der Waals surface area contributed by atoms with E-state index >= 15 is 0 Å². The first-order valence-corrected chi connectivity index (χ1v) is 13.1. The maximum atomic E-state index is 12.6. The van der Waals surface area contributed by atoms with Crippen molar-refractivity contribution in [2.75, 3.05) is 22.0 Å². The van der Waals surface area contributed by atoms with Crippen LogP contribution in [0.2, 0.25) is 0 Å². The summed E-state index contributed by atoms with van der Waals surface area (Å²) >= 11 is 0. The molecule has 0 saturated carbocycles. The largest absolute Gasteiger partial charge is 0.324 e. The number of benzene rings is 2. The Balaban J connectivity index is 1.44. The van der Waals surface area contributed by atoms with Crippen LogP contribution in [0.25, 0.3) is 16.7 Å². The zero-order valence-electron chi connectivity index (χ0n) is 20.6. The summed E-state index contributed by atoms with van der Waals surface area (Å²) in [6.07, 6.45) is 4.82. The van der Waals surface area contributed by atoms with Gasteiger partial charge in [-0.25, -0.2) is 13.4 Å². The third kappa shape index (κ3) is 4.39. The van der Waals surface area contributed by atoms with Gasteiger partial charge in [-0.05, 0) is 75.2 Å². The lowest BCUT2D eigenvalue weighted by atomic mass is 10.0. The SMILES string of the molecule is CN1C(=O)CCc2cc(Nc3ncc4ccn(-c5cccc(NS(=O)(=O)C(C)(C)C)c5)c4n3)ccc21. The van der Waals surface area contributed by atoms with Gasteiger partial charge in [-0.3, -0.25) is 9.52 Å². The average Bonchev–Trinajstić information content (AvgIpc) is 3.24. The van der Waals surface area contributed by atoms with Gasteiger partial charge in [0.15, 0.2) is 0 Å². The van der Waals surface area contributed by atoms with Gasteiger partial charge in [-0.2, -0.15) is 4.98 Å². The Kier molecular flexibility index (Phi) is 5.71. The van der Waals surface area contributed by atoms with Crippen LogP contribution in [-0.2, 0) is 21.2 Å². The third-order valence-corrected chi connectivity index (χ3v) is 8.41. The molecule has 0 radical (unpaired) electrons. The molecule has 9 nitrogen and oxygen atoms in total. The van der Waals surface area contributed by atoms with Crippen LogP contribution in [0, 0.1) is 0 Å². The van der Waals surface area contributed by atoms with Gasteiger partial charge in [0.05, 0.1) is 10.4 Å². The Labute approximate surface area is 210 Å². The highest BCUT2D eigenvalue weighted by atomic mass is 32.2. The minimum absolute atomic E-state index is 0.119. The van der Waals surface area contributed by atoms with Crippen molar-refractivity contribution in [3.63, 3.8) is 0 Å². The fourth-order valence-corrected chi connectivity index (χ4v) is 4.82. The number of carbonyl (C=O) groups excluding carboxylic acids is 1. The first kappa shape index (κ1) is 23.8. The predicted octanol–water partition coefficient (Wildman–Crippen LogP) is 4.61. The molecule has 36 heavy (non-hydrogen) atoms.